The summed E-state index contributed by atoms with van der Waals surface area (Å²) in [7, 11) is 1.60. The molecule has 0 aliphatic carbocycles. The lowest BCUT2D eigenvalue weighted by Gasteiger charge is -2.29. The lowest BCUT2D eigenvalue weighted by atomic mass is 9.94. The third kappa shape index (κ3) is 3.49. The normalized spacial score (nSPS) is 15.5. The van der Waals surface area contributed by atoms with E-state index in [4.69, 9.17) is 4.74 Å². The lowest BCUT2D eigenvalue weighted by molar-refractivity contribution is -0.113. The first kappa shape index (κ1) is 19.1. The number of carbonyl (C=O) groups is 1. The van der Waals surface area contributed by atoms with Crippen LogP contribution in [0.2, 0.25) is 0 Å². The van der Waals surface area contributed by atoms with Gasteiger partial charge in [0.1, 0.15) is 11.8 Å². The average molecular weight is 455 g/mol. The first-order valence-corrected chi connectivity index (χ1v) is 9.75. The molecule has 1 aromatic heterocycles. The molecule has 29 heavy (non-hydrogen) atoms. The summed E-state index contributed by atoms with van der Waals surface area (Å²) in [6, 6.07) is 12.7. The fraction of sp³-hybridized carbons (Fsp3) is 0.200. The number of allylic oxidation sites excluding steroid dienone is 1. The highest BCUT2D eigenvalue weighted by atomic mass is 79.9. The number of nitrogens with zero attached hydrogens (tertiary/aromatic N) is 4. The van der Waals surface area contributed by atoms with Crippen LogP contribution in [0.5, 0.6) is 5.75 Å². The van der Waals surface area contributed by atoms with Crippen molar-refractivity contribution in [2.75, 3.05) is 17.7 Å². The predicted molar refractivity (Wildman–Crippen MR) is 113 cm³/mol. The van der Waals surface area contributed by atoms with Crippen LogP contribution < -0.4 is 15.4 Å². The van der Waals surface area contributed by atoms with Crippen LogP contribution in [0.4, 0.5) is 11.6 Å². The van der Waals surface area contributed by atoms with Crippen molar-refractivity contribution >= 4 is 33.5 Å². The van der Waals surface area contributed by atoms with Gasteiger partial charge in [0.05, 0.1) is 12.7 Å². The Labute approximate surface area is 176 Å². The largest absolute Gasteiger partial charge is 0.496 e. The molecular weight excluding hydrogens is 436 g/mol. The molecule has 0 spiro atoms. The van der Waals surface area contributed by atoms with E-state index in [0.29, 0.717) is 23.0 Å². The van der Waals surface area contributed by atoms with E-state index < -0.39 is 6.04 Å². The summed E-state index contributed by atoms with van der Waals surface area (Å²) < 4.78 is 8.01. The van der Waals surface area contributed by atoms with Crippen LogP contribution in [0.1, 0.15) is 24.1 Å². The van der Waals surface area contributed by atoms with Crippen LogP contribution >= 0.6 is 15.9 Å². The molecule has 0 unspecified atom stereocenters. The topological polar surface area (TPSA) is 94.0 Å². The Morgan fingerprint density at radius 3 is 2.79 bits per heavy atom. The van der Waals surface area contributed by atoms with Gasteiger partial charge < -0.3 is 15.4 Å². The number of rotatable bonds is 4. The molecule has 4 rings (SSSR count). The second-order valence-electron chi connectivity index (χ2n) is 6.67. The second kappa shape index (κ2) is 7.67. The molecule has 0 saturated heterocycles. The average Bonchev–Trinajstić information content (AvgIpc) is 3.16. The van der Waals surface area contributed by atoms with E-state index in [2.05, 4.69) is 42.1 Å². The van der Waals surface area contributed by atoms with Gasteiger partial charge in [-0.3, -0.25) is 4.79 Å². The molecule has 2 aromatic carbocycles. The molecule has 1 atom stereocenters. The van der Waals surface area contributed by atoms with Crippen molar-refractivity contribution in [1.29, 1.82) is 0 Å². The third-order valence-electron chi connectivity index (χ3n) is 4.84. The van der Waals surface area contributed by atoms with Gasteiger partial charge >= 0.3 is 0 Å². The van der Waals surface area contributed by atoms with E-state index in [9.17, 15) is 4.79 Å². The number of aromatic nitrogens is 4. The Bertz CT molecular complexity index is 1120. The minimum atomic E-state index is -0.558. The van der Waals surface area contributed by atoms with Gasteiger partial charge in [0.2, 0.25) is 5.95 Å². The minimum Gasteiger partial charge on any atom is -0.496 e. The zero-order chi connectivity index (χ0) is 20.5. The summed E-state index contributed by atoms with van der Waals surface area (Å²) in [6.07, 6.45) is 0. The molecule has 0 fully saturated rings. The van der Waals surface area contributed by atoms with Crippen molar-refractivity contribution < 1.29 is 9.53 Å². The van der Waals surface area contributed by atoms with Gasteiger partial charge in [0.15, 0.2) is 0 Å². The number of benzene rings is 2. The number of methoxy groups -OCH3 is 1. The van der Waals surface area contributed by atoms with E-state index in [1.165, 1.54) is 0 Å². The number of anilines is 2. The maximum absolute atomic E-state index is 13.4. The molecular formula is C20H19BrN6O2. The number of fused-ring (bicyclic) bond motifs is 1. The molecule has 3 aromatic rings. The maximum Gasteiger partial charge on any atom is 0.255 e. The Morgan fingerprint density at radius 2 is 2.03 bits per heavy atom. The number of aryl methyl sites for hydroxylation is 1. The van der Waals surface area contributed by atoms with Crippen molar-refractivity contribution in [3.63, 3.8) is 0 Å². The number of ether oxygens (including phenoxy) is 1. The van der Waals surface area contributed by atoms with Crippen molar-refractivity contribution in [1.82, 2.24) is 20.2 Å². The van der Waals surface area contributed by atoms with Crippen molar-refractivity contribution in [3.05, 3.63) is 69.3 Å². The summed E-state index contributed by atoms with van der Waals surface area (Å²) in [5.41, 5.74) is 3.67. The summed E-state index contributed by atoms with van der Waals surface area (Å²) in [5.74, 6) is 0.856. The van der Waals surface area contributed by atoms with Crippen LogP contribution in [0, 0.1) is 6.92 Å². The summed E-state index contributed by atoms with van der Waals surface area (Å²) in [6.45, 7) is 3.78. The number of hydrogen-bond donors (Lipinski definition) is 2. The first-order valence-electron chi connectivity index (χ1n) is 8.95. The molecule has 9 heteroatoms. The molecule has 0 bridgehead atoms. The zero-order valence-corrected chi connectivity index (χ0v) is 17.7. The fourth-order valence-corrected chi connectivity index (χ4v) is 3.79. The highest BCUT2D eigenvalue weighted by Crippen LogP contribution is 2.40. The van der Waals surface area contributed by atoms with Gasteiger partial charge in [0, 0.05) is 21.4 Å². The van der Waals surface area contributed by atoms with E-state index >= 15 is 0 Å². The van der Waals surface area contributed by atoms with Gasteiger partial charge in [-0.15, -0.1) is 0 Å². The van der Waals surface area contributed by atoms with E-state index in [1.54, 1.807) is 11.8 Å². The van der Waals surface area contributed by atoms with Crippen LogP contribution in [-0.4, -0.2) is 33.2 Å². The number of tetrazole rings is 1. The number of amides is 1. The number of hydrogen-bond acceptors (Lipinski definition) is 6. The fourth-order valence-electron chi connectivity index (χ4n) is 3.42. The van der Waals surface area contributed by atoms with E-state index in [0.717, 1.165) is 21.3 Å². The van der Waals surface area contributed by atoms with Crippen molar-refractivity contribution in [2.45, 2.75) is 19.9 Å². The summed E-state index contributed by atoms with van der Waals surface area (Å²) >= 11 is 3.51. The van der Waals surface area contributed by atoms with Crippen LogP contribution in [0.3, 0.4) is 0 Å². The van der Waals surface area contributed by atoms with Crippen molar-refractivity contribution in [2.24, 2.45) is 0 Å². The SMILES string of the molecule is COc1ccc(Br)cc1[C@H]1C(C(=O)Nc2ccccc2C)=C(C)Nc2nnnn21. The standard InChI is InChI=1S/C20H19BrN6O2/c1-11-6-4-5-7-15(11)23-19(28)17-12(2)22-20-24-25-26-27(20)18(17)14-10-13(21)8-9-16(14)29-3/h4-10,18H,1-3H3,(H,23,28)(H,22,24,26)/t18-/m0/s1. The van der Waals surface area contributed by atoms with Gasteiger partial charge in [-0.25, -0.2) is 0 Å². The molecule has 1 aliphatic rings. The summed E-state index contributed by atoms with van der Waals surface area (Å²) in [5, 5.41) is 18.0. The van der Waals surface area contributed by atoms with Crippen LogP contribution in [0.15, 0.2) is 58.2 Å². The molecule has 0 saturated carbocycles. The number of nitrogens with one attached hydrogen (secondary N) is 2. The lowest BCUT2D eigenvalue weighted by Crippen LogP contribution is -2.32. The minimum absolute atomic E-state index is 0.238. The second-order valence-corrected chi connectivity index (χ2v) is 7.58. The van der Waals surface area contributed by atoms with Gasteiger partial charge in [-0.1, -0.05) is 39.2 Å². The quantitative estimate of drug-likeness (QED) is 0.624. The zero-order valence-electron chi connectivity index (χ0n) is 16.1. The Kier molecular flexibility index (Phi) is 5.06. The van der Waals surface area contributed by atoms with Gasteiger partial charge in [0.25, 0.3) is 5.91 Å². The third-order valence-corrected chi connectivity index (χ3v) is 5.33. The Hall–Kier alpha value is -3.20. The summed E-state index contributed by atoms with van der Waals surface area (Å²) in [4.78, 5) is 13.4. The molecule has 0 radical (unpaired) electrons. The number of carbonyl (C=O) groups excluding carboxylic acids is 1. The number of para-hydroxylation sites is 1. The molecule has 2 N–H and O–H groups in total. The van der Waals surface area contributed by atoms with Crippen molar-refractivity contribution in [3.8, 4) is 5.75 Å². The van der Waals surface area contributed by atoms with Crippen LogP contribution in [-0.2, 0) is 4.79 Å². The predicted octanol–water partition coefficient (Wildman–Crippen LogP) is 3.68. The van der Waals surface area contributed by atoms with Gasteiger partial charge in [-0.2, -0.15) is 4.68 Å². The molecule has 1 aliphatic heterocycles. The first-order chi connectivity index (χ1) is 14.0. The maximum atomic E-state index is 13.4. The molecule has 1 amide bonds. The molecule has 148 valence electrons. The smallest absolute Gasteiger partial charge is 0.255 e. The highest BCUT2D eigenvalue weighted by molar-refractivity contribution is 9.10. The van der Waals surface area contributed by atoms with E-state index in [-0.39, 0.29) is 5.91 Å². The Balaban J connectivity index is 1.84. The Morgan fingerprint density at radius 1 is 1.24 bits per heavy atom. The highest BCUT2D eigenvalue weighted by Gasteiger charge is 2.36. The molecule has 2 heterocycles. The number of halogens is 1. The van der Waals surface area contributed by atoms with Crippen LogP contribution in [0.25, 0.3) is 0 Å². The monoisotopic (exact) mass is 454 g/mol. The molecule has 8 nitrogen and oxygen atoms in total. The van der Waals surface area contributed by atoms with Gasteiger partial charge in [-0.05, 0) is 54.1 Å². The van der Waals surface area contributed by atoms with E-state index in [1.807, 2.05) is 56.3 Å².